The predicted molar refractivity (Wildman–Crippen MR) is 47.7 cm³/mol. The third kappa shape index (κ3) is 6.57. The fraction of sp³-hybridized carbons (Fsp3) is 1.00. The second-order valence-electron chi connectivity index (χ2n) is 2.72. The first kappa shape index (κ1) is 11.9. The molecule has 0 fully saturated rings. The Kier molecular flexibility index (Phi) is 5.44. The first-order chi connectivity index (χ1) is 5.49. The van der Waals surface area contributed by atoms with Gasteiger partial charge in [-0.15, -0.1) is 0 Å². The van der Waals surface area contributed by atoms with Crippen LogP contribution in [0, 0.1) is 0 Å². The van der Waals surface area contributed by atoms with Crippen molar-refractivity contribution in [3.8, 4) is 0 Å². The Morgan fingerprint density at radius 1 is 1.25 bits per heavy atom. The molecule has 0 aliphatic rings. The summed E-state index contributed by atoms with van der Waals surface area (Å²) in [7, 11) is -2.87. The van der Waals surface area contributed by atoms with Gasteiger partial charge in [0.1, 0.15) is 29.5 Å². The van der Waals surface area contributed by atoms with Crippen molar-refractivity contribution >= 4 is 9.84 Å². The molecule has 0 aromatic carbocycles. The number of hydrogen-bond acceptors (Lipinski definition) is 3. The van der Waals surface area contributed by atoms with Crippen LogP contribution in [-0.4, -0.2) is 40.1 Å². The third-order valence-corrected chi connectivity index (χ3v) is 2.46. The number of sulfone groups is 1. The van der Waals surface area contributed by atoms with Crippen molar-refractivity contribution in [2.75, 3.05) is 31.7 Å². The van der Waals surface area contributed by atoms with Crippen LogP contribution in [0.3, 0.4) is 0 Å². The van der Waals surface area contributed by atoms with Crippen molar-refractivity contribution in [1.82, 2.24) is 0 Å². The third-order valence-electron chi connectivity index (χ3n) is 1.55. The van der Waals surface area contributed by atoms with E-state index in [4.69, 9.17) is 4.84 Å². The van der Waals surface area contributed by atoms with Gasteiger partial charge in [-0.3, -0.25) is 0 Å². The summed E-state index contributed by atoms with van der Waals surface area (Å²) >= 11 is 0. The molecular weight excluding hydrogens is 178 g/mol. The number of nitrogens with one attached hydrogen (secondary N) is 1. The van der Waals surface area contributed by atoms with Gasteiger partial charge in [0.25, 0.3) is 0 Å². The molecule has 0 saturated heterocycles. The normalized spacial score (nSPS) is 12.3. The Hall–Kier alpha value is -0.130. The van der Waals surface area contributed by atoms with Crippen molar-refractivity contribution in [1.29, 1.82) is 0 Å². The lowest BCUT2D eigenvalue weighted by atomic mass is 10.6. The zero-order valence-electron chi connectivity index (χ0n) is 7.96. The van der Waals surface area contributed by atoms with E-state index in [1.165, 1.54) is 6.26 Å². The summed E-state index contributed by atoms with van der Waals surface area (Å²) in [5, 5.41) is 0.971. The highest BCUT2D eigenvalue weighted by Gasteiger charge is 2.06. The molecule has 0 aromatic rings. The average Bonchev–Trinajstić information content (AvgIpc) is 1.96. The summed E-state index contributed by atoms with van der Waals surface area (Å²) in [4.78, 5) is 5.25. The van der Waals surface area contributed by atoms with Gasteiger partial charge < -0.3 is 0 Å². The monoisotopic (exact) mass is 196 g/mol. The van der Waals surface area contributed by atoms with Crippen LogP contribution in [0.25, 0.3) is 0 Å². The van der Waals surface area contributed by atoms with Crippen LogP contribution in [0.1, 0.15) is 13.8 Å². The van der Waals surface area contributed by atoms with E-state index in [2.05, 4.69) is 0 Å². The molecule has 0 spiro atoms. The molecule has 0 bridgehead atoms. The van der Waals surface area contributed by atoms with E-state index in [1.54, 1.807) is 0 Å². The van der Waals surface area contributed by atoms with Crippen molar-refractivity contribution in [3.63, 3.8) is 0 Å². The summed E-state index contributed by atoms with van der Waals surface area (Å²) in [6, 6.07) is 0. The van der Waals surface area contributed by atoms with Gasteiger partial charge in [-0.1, -0.05) is 0 Å². The van der Waals surface area contributed by atoms with Gasteiger partial charge in [-0.25, -0.2) is 13.3 Å². The Labute approximate surface area is 74.4 Å². The summed E-state index contributed by atoms with van der Waals surface area (Å²) in [6.07, 6.45) is 1.22. The molecule has 0 unspecified atom stereocenters. The Bertz CT molecular complexity index is 197. The highest BCUT2D eigenvalue weighted by molar-refractivity contribution is 7.90. The van der Waals surface area contributed by atoms with Crippen LogP contribution in [0.15, 0.2) is 0 Å². The number of hydroxylamine groups is 2. The van der Waals surface area contributed by atoms with Crippen LogP contribution in [0.2, 0.25) is 0 Å². The summed E-state index contributed by atoms with van der Waals surface area (Å²) in [5.74, 6) is 0.108. The molecule has 5 heteroatoms. The van der Waals surface area contributed by atoms with Crippen LogP contribution in [0.5, 0.6) is 0 Å². The molecule has 0 aliphatic heterocycles. The quantitative estimate of drug-likeness (QED) is 0.548. The van der Waals surface area contributed by atoms with Gasteiger partial charge in [-0.05, 0) is 13.8 Å². The molecule has 0 heterocycles. The largest absolute Gasteiger partial charge is 0.229 e. The summed E-state index contributed by atoms with van der Waals surface area (Å²) in [5.41, 5.74) is 0. The zero-order valence-corrected chi connectivity index (χ0v) is 8.78. The lowest BCUT2D eigenvalue weighted by Gasteiger charge is -2.12. The van der Waals surface area contributed by atoms with E-state index in [9.17, 15) is 8.42 Å². The van der Waals surface area contributed by atoms with Crippen LogP contribution in [-0.2, 0) is 14.7 Å². The minimum Gasteiger partial charge on any atom is -0.229 e. The van der Waals surface area contributed by atoms with E-state index in [1.807, 2.05) is 13.8 Å². The van der Waals surface area contributed by atoms with E-state index in [0.29, 0.717) is 0 Å². The van der Waals surface area contributed by atoms with Crippen LogP contribution >= 0.6 is 0 Å². The van der Waals surface area contributed by atoms with Crippen molar-refractivity contribution in [2.45, 2.75) is 13.8 Å². The highest BCUT2D eigenvalue weighted by Crippen LogP contribution is 1.80. The SMILES string of the molecule is CC[NH+](CC)OCCS(C)(=O)=O. The Morgan fingerprint density at radius 3 is 2.08 bits per heavy atom. The maximum Gasteiger partial charge on any atom is 0.149 e. The van der Waals surface area contributed by atoms with E-state index in [-0.39, 0.29) is 12.4 Å². The standard InChI is InChI=1S/C7H17NO3S/c1-4-8(5-2)11-6-7-12(3,9)10/h4-7H2,1-3H3/p+1. The van der Waals surface area contributed by atoms with Gasteiger partial charge in [0.05, 0.1) is 5.75 Å². The van der Waals surface area contributed by atoms with Crippen LogP contribution < -0.4 is 5.06 Å². The molecule has 0 saturated carbocycles. The molecule has 0 aromatic heterocycles. The minimum atomic E-state index is -2.87. The lowest BCUT2D eigenvalue weighted by Crippen LogP contribution is -3.10. The fourth-order valence-corrected chi connectivity index (χ4v) is 1.18. The average molecular weight is 196 g/mol. The minimum absolute atomic E-state index is 0.108. The molecule has 74 valence electrons. The van der Waals surface area contributed by atoms with Gasteiger partial charge in [0, 0.05) is 6.26 Å². The molecule has 0 amide bonds. The Balaban J connectivity index is 3.55. The van der Waals surface area contributed by atoms with E-state index in [0.717, 1.165) is 18.2 Å². The van der Waals surface area contributed by atoms with E-state index >= 15 is 0 Å². The summed E-state index contributed by atoms with van der Waals surface area (Å²) in [6.45, 7) is 6.01. The van der Waals surface area contributed by atoms with Crippen molar-refractivity contribution in [3.05, 3.63) is 0 Å². The maximum atomic E-state index is 10.7. The second kappa shape index (κ2) is 5.50. The van der Waals surface area contributed by atoms with E-state index < -0.39 is 9.84 Å². The Morgan fingerprint density at radius 2 is 1.75 bits per heavy atom. The van der Waals surface area contributed by atoms with Gasteiger partial charge in [0.15, 0.2) is 0 Å². The van der Waals surface area contributed by atoms with Gasteiger partial charge in [-0.2, -0.15) is 5.06 Å². The molecule has 0 rings (SSSR count). The molecule has 12 heavy (non-hydrogen) atoms. The smallest absolute Gasteiger partial charge is 0.149 e. The van der Waals surface area contributed by atoms with Gasteiger partial charge >= 0.3 is 0 Å². The zero-order chi connectivity index (χ0) is 9.61. The van der Waals surface area contributed by atoms with Crippen LogP contribution in [0.4, 0.5) is 0 Å². The highest BCUT2D eigenvalue weighted by atomic mass is 32.2. The first-order valence-electron chi connectivity index (χ1n) is 4.14. The molecular formula is C7H18NO3S+. The van der Waals surface area contributed by atoms with Crippen molar-refractivity contribution in [2.24, 2.45) is 0 Å². The maximum absolute atomic E-state index is 10.7. The van der Waals surface area contributed by atoms with Gasteiger partial charge in [0.2, 0.25) is 0 Å². The van der Waals surface area contributed by atoms with Crippen molar-refractivity contribution < 1.29 is 18.3 Å². The second-order valence-corrected chi connectivity index (χ2v) is 4.98. The topological polar surface area (TPSA) is 47.8 Å². The molecule has 4 nitrogen and oxygen atoms in total. The first-order valence-corrected chi connectivity index (χ1v) is 6.20. The lowest BCUT2D eigenvalue weighted by molar-refractivity contribution is -1.09. The predicted octanol–water partition coefficient (Wildman–Crippen LogP) is -1.11. The fourth-order valence-electron chi connectivity index (χ4n) is 0.792. The molecule has 1 N–H and O–H groups in total. The number of quaternary nitrogens is 1. The number of hydrogen-bond donors (Lipinski definition) is 1. The summed E-state index contributed by atoms with van der Waals surface area (Å²) < 4.78 is 21.4. The number of rotatable bonds is 6. The molecule has 0 radical (unpaired) electrons. The molecule has 0 atom stereocenters. The molecule has 0 aliphatic carbocycles.